The van der Waals surface area contributed by atoms with Gasteiger partial charge in [0.05, 0.1) is 10.0 Å². The van der Waals surface area contributed by atoms with Crippen molar-refractivity contribution in [2.75, 3.05) is 0 Å². The molecule has 0 amide bonds. The molecule has 0 aliphatic carbocycles. The Balaban J connectivity index is 2.02. The molecule has 0 bridgehead atoms. The Labute approximate surface area is 117 Å². The van der Waals surface area contributed by atoms with Crippen molar-refractivity contribution < 1.29 is 0 Å². The zero-order chi connectivity index (χ0) is 11.5. The van der Waals surface area contributed by atoms with Crippen LogP contribution in [0.3, 0.4) is 0 Å². The fourth-order valence-electron chi connectivity index (χ4n) is 1.07. The minimum absolute atomic E-state index is 0.574. The third kappa shape index (κ3) is 3.28. The van der Waals surface area contributed by atoms with E-state index in [-0.39, 0.29) is 0 Å². The maximum atomic E-state index is 5.92. The van der Waals surface area contributed by atoms with Crippen LogP contribution in [0.2, 0.25) is 14.5 Å². The molecular weight excluding hydrogens is 305 g/mol. The van der Waals surface area contributed by atoms with Gasteiger partial charge in [0.1, 0.15) is 0 Å². The maximum absolute atomic E-state index is 5.92. The summed E-state index contributed by atoms with van der Waals surface area (Å²) in [4.78, 5) is 6.21. The van der Waals surface area contributed by atoms with Gasteiger partial charge >= 0.3 is 0 Å². The maximum Gasteiger partial charge on any atom is 0.183 e. The first-order valence-corrected chi connectivity index (χ1v) is 7.27. The molecule has 1 heterocycles. The molecule has 1 aromatic carbocycles. The quantitative estimate of drug-likeness (QED) is 0.704. The number of halogens is 3. The molecule has 2 rings (SSSR count). The summed E-state index contributed by atoms with van der Waals surface area (Å²) >= 11 is 20.7. The monoisotopic (exact) mass is 309 g/mol. The fraction of sp³-hybridized carbons (Fsp3) is 0.100. The van der Waals surface area contributed by atoms with E-state index in [2.05, 4.69) is 4.98 Å². The lowest BCUT2D eigenvalue weighted by Crippen LogP contribution is -1.76. The minimum Gasteiger partial charge on any atom is -0.233 e. The molecule has 0 fully saturated rings. The fourth-order valence-corrected chi connectivity index (χ4v) is 3.37. The van der Waals surface area contributed by atoms with E-state index in [0.717, 1.165) is 15.5 Å². The molecule has 1 nitrogen and oxygen atoms in total. The summed E-state index contributed by atoms with van der Waals surface area (Å²) in [7, 11) is 0. The van der Waals surface area contributed by atoms with E-state index in [1.165, 1.54) is 11.3 Å². The van der Waals surface area contributed by atoms with Crippen LogP contribution in [-0.4, -0.2) is 4.98 Å². The highest BCUT2D eigenvalue weighted by molar-refractivity contribution is 7.98. The highest BCUT2D eigenvalue weighted by atomic mass is 35.5. The summed E-state index contributed by atoms with van der Waals surface area (Å²) in [6, 6.07) is 5.60. The lowest BCUT2D eigenvalue weighted by molar-refractivity contribution is 1.36. The second kappa shape index (κ2) is 5.61. The second-order valence-corrected chi connectivity index (χ2v) is 6.50. The molecule has 0 N–H and O–H groups in total. The van der Waals surface area contributed by atoms with Gasteiger partial charge in [-0.1, -0.05) is 34.8 Å². The third-order valence-corrected chi connectivity index (χ3v) is 4.88. The SMILES string of the molecule is Clc1ncc(CSc2ccc(Cl)c(Cl)c2)s1. The van der Waals surface area contributed by atoms with Crippen LogP contribution < -0.4 is 0 Å². The smallest absolute Gasteiger partial charge is 0.183 e. The molecule has 0 aliphatic heterocycles. The van der Waals surface area contributed by atoms with Crippen molar-refractivity contribution in [3.8, 4) is 0 Å². The van der Waals surface area contributed by atoms with Crippen molar-refractivity contribution in [3.05, 3.63) is 43.8 Å². The largest absolute Gasteiger partial charge is 0.233 e. The van der Waals surface area contributed by atoms with Gasteiger partial charge < -0.3 is 0 Å². The van der Waals surface area contributed by atoms with Crippen LogP contribution in [0.15, 0.2) is 29.3 Å². The molecule has 0 unspecified atom stereocenters. The molecule has 6 heteroatoms. The van der Waals surface area contributed by atoms with Gasteiger partial charge in [-0.15, -0.1) is 23.1 Å². The van der Waals surface area contributed by atoms with Gasteiger partial charge in [-0.25, -0.2) is 4.98 Å². The van der Waals surface area contributed by atoms with Crippen LogP contribution in [0, 0.1) is 0 Å². The Morgan fingerprint density at radius 2 is 2.00 bits per heavy atom. The van der Waals surface area contributed by atoms with Crippen LogP contribution >= 0.6 is 57.9 Å². The van der Waals surface area contributed by atoms with Crippen molar-refractivity contribution >= 4 is 57.9 Å². The zero-order valence-electron chi connectivity index (χ0n) is 7.91. The van der Waals surface area contributed by atoms with Gasteiger partial charge in [-0.2, -0.15) is 0 Å². The molecule has 16 heavy (non-hydrogen) atoms. The molecule has 0 spiro atoms. The molecule has 0 atom stereocenters. The van der Waals surface area contributed by atoms with Gasteiger partial charge in [0.25, 0.3) is 0 Å². The average molecular weight is 311 g/mol. The van der Waals surface area contributed by atoms with Gasteiger partial charge in [0, 0.05) is 21.7 Å². The Morgan fingerprint density at radius 3 is 2.62 bits per heavy atom. The van der Waals surface area contributed by atoms with Crippen LogP contribution in [0.25, 0.3) is 0 Å². The van der Waals surface area contributed by atoms with E-state index in [1.54, 1.807) is 24.0 Å². The summed E-state index contributed by atoms with van der Waals surface area (Å²) in [6.45, 7) is 0. The van der Waals surface area contributed by atoms with Crippen LogP contribution in [0.5, 0.6) is 0 Å². The van der Waals surface area contributed by atoms with Crippen molar-refractivity contribution in [1.29, 1.82) is 0 Å². The van der Waals surface area contributed by atoms with E-state index < -0.39 is 0 Å². The summed E-state index contributed by atoms with van der Waals surface area (Å²) in [5, 5.41) is 1.15. The van der Waals surface area contributed by atoms with Gasteiger partial charge in [-0.05, 0) is 18.2 Å². The molecule has 0 saturated heterocycles. The van der Waals surface area contributed by atoms with Gasteiger partial charge in [0.15, 0.2) is 4.47 Å². The van der Waals surface area contributed by atoms with E-state index in [0.29, 0.717) is 14.5 Å². The molecule has 2 aromatic rings. The first-order chi connectivity index (χ1) is 7.65. The first-order valence-electron chi connectivity index (χ1n) is 4.33. The third-order valence-electron chi connectivity index (χ3n) is 1.80. The number of aromatic nitrogens is 1. The predicted molar refractivity (Wildman–Crippen MR) is 73.1 cm³/mol. The Hall–Kier alpha value is 0.0700. The average Bonchev–Trinajstić information content (AvgIpc) is 2.66. The number of hydrogen-bond acceptors (Lipinski definition) is 3. The Kier molecular flexibility index (Phi) is 4.39. The van der Waals surface area contributed by atoms with Crippen LogP contribution in [0.1, 0.15) is 4.88 Å². The second-order valence-electron chi connectivity index (χ2n) is 2.94. The molecule has 0 radical (unpaired) electrons. The van der Waals surface area contributed by atoms with Gasteiger partial charge in [0.2, 0.25) is 0 Å². The summed E-state index contributed by atoms with van der Waals surface area (Å²) in [5.74, 6) is 0.836. The topological polar surface area (TPSA) is 12.9 Å². The highest BCUT2D eigenvalue weighted by Crippen LogP contribution is 2.31. The number of rotatable bonds is 3. The number of benzene rings is 1. The molecule has 0 saturated carbocycles. The number of nitrogens with zero attached hydrogens (tertiary/aromatic N) is 1. The Morgan fingerprint density at radius 1 is 1.19 bits per heavy atom. The summed E-state index contributed by atoms with van der Waals surface area (Å²) in [5.41, 5.74) is 0. The zero-order valence-corrected chi connectivity index (χ0v) is 11.8. The lowest BCUT2D eigenvalue weighted by atomic mass is 10.4. The highest BCUT2D eigenvalue weighted by Gasteiger charge is 2.03. The number of thioether (sulfide) groups is 1. The van der Waals surface area contributed by atoms with Crippen molar-refractivity contribution in [3.63, 3.8) is 0 Å². The van der Waals surface area contributed by atoms with E-state index in [4.69, 9.17) is 34.8 Å². The number of thiazole rings is 1. The lowest BCUT2D eigenvalue weighted by Gasteiger charge is -2.01. The van der Waals surface area contributed by atoms with E-state index in [9.17, 15) is 0 Å². The van der Waals surface area contributed by atoms with Crippen LogP contribution in [-0.2, 0) is 5.75 Å². The molecule has 0 aliphatic rings. The normalized spacial score (nSPS) is 10.7. The predicted octanol–water partition coefficient (Wildman–Crippen LogP) is 5.40. The first kappa shape index (κ1) is 12.5. The van der Waals surface area contributed by atoms with Crippen molar-refractivity contribution in [2.24, 2.45) is 0 Å². The van der Waals surface area contributed by atoms with E-state index in [1.807, 2.05) is 12.1 Å². The molecule has 84 valence electrons. The molecular formula is C10H6Cl3NS2. The van der Waals surface area contributed by atoms with Crippen LogP contribution in [0.4, 0.5) is 0 Å². The van der Waals surface area contributed by atoms with Gasteiger partial charge in [-0.3, -0.25) is 0 Å². The summed E-state index contributed by atoms with van der Waals surface area (Å²) < 4.78 is 0.574. The standard InChI is InChI=1S/C10H6Cl3NS2/c11-8-2-1-6(3-9(8)12)15-5-7-4-14-10(13)16-7/h1-4H,5H2. The minimum atomic E-state index is 0.574. The Bertz CT molecular complexity index is 499. The summed E-state index contributed by atoms with van der Waals surface area (Å²) in [6.07, 6.45) is 1.79. The van der Waals surface area contributed by atoms with E-state index >= 15 is 0 Å². The van der Waals surface area contributed by atoms with Crippen molar-refractivity contribution in [1.82, 2.24) is 4.98 Å². The van der Waals surface area contributed by atoms with Crippen molar-refractivity contribution in [2.45, 2.75) is 10.6 Å². The number of hydrogen-bond donors (Lipinski definition) is 0. The molecule has 1 aromatic heterocycles.